The Labute approximate surface area is 163 Å². The van der Waals surface area contributed by atoms with E-state index in [9.17, 15) is 4.79 Å². The maximum absolute atomic E-state index is 12.1. The second-order valence-corrected chi connectivity index (χ2v) is 6.87. The molecule has 0 saturated carbocycles. The molecule has 2 aliphatic heterocycles. The fourth-order valence-corrected chi connectivity index (χ4v) is 3.53. The number of piperidine rings is 2. The third-order valence-corrected chi connectivity index (χ3v) is 4.97. The minimum Gasteiger partial charge on any atom is -0.351 e. The van der Waals surface area contributed by atoms with E-state index in [4.69, 9.17) is 0 Å². The summed E-state index contributed by atoms with van der Waals surface area (Å²) < 4.78 is 0. The summed E-state index contributed by atoms with van der Waals surface area (Å²) in [5.41, 5.74) is 2.55. The predicted molar refractivity (Wildman–Crippen MR) is 108 cm³/mol. The van der Waals surface area contributed by atoms with Crippen molar-refractivity contribution >= 4 is 30.7 Å². The van der Waals surface area contributed by atoms with Gasteiger partial charge in [-0.05, 0) is 56.4 Å². The number of rotatable bonds is 5. The molecule has 0 unspecified atom stereocenters. The lowest BCUT2D eigenvalue weighted by Gasteiger charge is -2.26. The summed E-state index contributed by atoms with van der Waals surface area (Å²) in [5.74, 6) is 0.141. The number of carbonyl (C=O) groups excluding carboxylic acids is 1. The largest absolute Gasteiger partial charge is 0.351 e. The van der Waals surface area contributed by atoms with Gasteiger partial charge in [-0.25, -0.2) is 0 Å². The highest BCUT2D eigenvalue weighted by Crippen LogP contribution is 2.14. The first kappa shape index (κ1) is 22.2. The molecule has 2 saturated heterocycles. The molecule has 1 atom stereocenters. The Bertz CT molecular complexity index is 498. The standard InChI is InChI=1S/C19H29N3O.2ClH/c23-19(18-6-2-3-11-20-18)21-14-16-7-9-17(10-8-16)15-22-12-4-1-5-13-22;;/h7-10,18,20H,1-6,11-15H2,(H,21,23);2*1H/t18-;;/m0../s1. The molecule has 0 bridgehead atoms. The molecule has 3 rings (SSSR count). The van der Waals surface area contributed by atoms with Crippen molar-refractivity contribution in [1.82, 2.24) is 15.5 Å². The van der Waals surface area contributed by atoms with E-state index in [2.05, 4.69) is 39.8 Å². The number of halogens is 2. The summed E-state index contributed by atoms with van der Waals surface area (Å²) in [4.78, 5) is 14.7. The molecule has 0 aromatic heterocycles. The highest BCUT2D eigenvalue weighted by Gasteiger charge is 2.19. The number of hydrogen-bond acceptors (Lipinski definition) is 3. The van der Waals surface area contributed by atoms with Crippen LogP contribution < -0.4 is 10.6 Å². The van der Waals surface area contributed by atoms with Gasteiger partial charge in [0.2, 0.25) is 5.91 Å². The second-order valence-electron chi connectivity index (χ2n) is 6.87. The van der Waals surface area contributed by atoms with Crippen LogP contribution >= 0.6 is 24.8 Å². The quantitative estimate of drug-likeness (QED) is 0.814. The molecule has 2 heterocycles. The van der Waals surface area contributed by atoms with Gasteiger partial charge in [0.25, 0.3) is 0 Å². The summed E-state index contributed by atoms with van der Waals surface area (Å²) in [6.07, 6.45) is 7.34. The number of carbonyl (C=O) groups is 1. The van der Waals surface area contributed by atoms with Crippen molar-refractivity contribution in [1.29, 1.82) is 0 Å². The molecule has 142 valence electrons. The average Bonchev–Trinajstić information content (AvgIpc) is 2.62. The van der Waals surface area contributed by atoms with E-state index in [0.29, 0.717) is 6.54 Å². The number of benzene rings is 1. The highest BCUT2D eigenvalue weighted by atomic mass is 35.5. The lowest BCUT2D eigenvalue weighted by molar-refractivity contribution is -0.123. The van der Waals surface area contributed by atoms with E-state index in [0.717, 1.165) is 25.9 Å². The van der Waals surface area contributed by atoms with E-state index in [1.165, 1.54) is 49.9 Å². The monoisotopic (exact) mass is 387 g/mol. The van der Waals surface area contributed by atoms with Gasteiger partial charge in [0, 0.05) is 13.1 Å². The summed E-state index contributed by atoms with van der Waals surface area (Å²) in [7, 11) is 0. The Hall–Kier alpha value is -0.810. The number of amides is 1. The molecule has 2 aliphatic rings. The summed E-state index contributed by atoms with van der Waals surface area (Å²) in [6.45, 7) is 5.10. The molecule has 0 spiro atoms. The zero-order valence-electron chi connectivity index (χ0n) is 14.8. The average molecular weight is 388 g/mol. The van der Waals surface area contributed by atoms with Gasteiger partial charge in [-0.15, -0.1) is 24.8 Å². The molecular weight excluding hydrogens is 357 g/mol. The van der Waals surface area contributed by atoms with Crippen LogP contribution in [0.4, 0.5) is 0 Å². The number of likely N-dealkylation sites (tertiary alicyclic amines) is 1. The molecule has 1 aromatic rings. The van der Waals surface area contributed by atoms with Gasteiger partial charge in [0.15, 0.2) is 0 Å². The predicted octanol–water partition coefficient (Wildman–Crippen LogP) is 3.27. The minimum absolute atomic E-state index is 0. The molecule has 4 nitrogen and oxygen atoms in total. The molecule has 25 heavy (non-hydrogen) atoms. The Morgan fingerprint density at radius 3 is 2.32 bits per heavy atom. The Kier molecular flexibility index (Phi) is 10.4. The number of hydrogen-bond donors (Lipinski definition) is 2. The third-order valence-electron chi connectivity index (χ3n) is 4.97. The van der Waals surface area contributed by atoms with Crippen molar-refractivity contribution in [3.05, 3.63) is 35.4 Å². The molecule has 0 aliphatic carbocycles. The van der Waals surface area contributed by atoms with Gasteiger partial charge in [0.1, 0.15) is 0 Å². The Morgan fingerprint density at radius 1 is 1.00 bits per heavy atom. The zero-order valence-corrected chi connectivity index (χ0v) is 16.5. The molecular formula is C19H31Cl2N3O. The maximum atomic E-state index is 12.1. The van der Waals surface area contributed by atoms with Crippen LogP contribution in [0.25, 0.3) is 0 Å². The van der Waals surface area contributed by atoms with Gasteiger partial charge < -0.3 is 10.6 Å². The van der Waals surface area contributed by atoms with Crippen LogP contribution in [0.3, 0.4) is 0 Å². The lowest BCUT2D eigenvalue weighted by atomic mass is 10.0. The van der Waals surface area contributed by atoms with Gasteiger partial charge in [0.05, 0.1) is 6.04 Å². The topological polar surface area (TPSA) is 44.4 Å². The fraction of sp³-hybridized carbons (Fsp3) is 0.632. The molecule has 1 aromatic carbocycles. The van der Waals surface area contributed by atoms with Crippen molar-refractivity contribution < 1.29 is 4.79 Å². The van der Waals surface area contributed by atoms with Crippen LogP contribution in [-0.4, -0.2) is 36.5 Å². The van der Waals surface area contributed by atoms with Crippen molar-refractivity contribution in [3.63, 3.8) is 0 Å². The van der Waals surface area contributed by atoms with E-state index < -0.39 is 0 Å². The summed E-state index contributed by atoms with van der Waals surface area (Å²) in [6, 6.07) is 8.70. The first-order chi connectivity index (χ1) is 11.3. The van der Waals surface area contributed by atoms with Gasteiger partial charge in [-0.3, -0.25) is 9.69 Å². The number of nitrogens with zero attached hydrogens (tertiary/aromatic N) is 1. The molecule has 6 heteroatoms. The van der Waals surface area contributed by atoms with E-state index in [-0.39, 0.29) is 36.8 Å². The fourth-order valence-electron chi connectivity index (χ4n) is 3.53. The van der Waals surface area contributed by atoms with E-state index >= 15 is 0 Å². The third kappa shape index (κ3) is 7.14. The normalized spacial score (nSPS) is 20.9. The van der Waals surface area contributed by atoms with Crippen LogP contribution in [-0.2, 0) is 17.9 Å². The maximum Gasteiger partial charge on any atom is 0.237 e. The van der Waals surface area contributed by atoms with Gasteiger partial charge in [-0.1, -0.05) is 37.1 Å². The highest BCUT2D eigenvalue weighted by molar-refractivity contribution is 5.85. The Morgan fingerprint density at radius 2 is 1.68 bits per heavy atom. The van der Waals surface area contributed by atoms with Gasteiger partial charge in [-0.2, -0.15) is 0 Å². The van der Waals surface area contributed by atoms with Crippen LogP contribution in [0.5, 0.6) is 0 Å². The van der Waals surface area contributed by atoms with Crippen LogP contribution in [0.15, 0.2) is 24.3 Å². The lowest BCUT2D eigenvalue weighted by Crippen LogP contribution is -2.46. The minimum atomic E-state index is 0. The molecule has 2 N–H and O–H groups in total. The molecule has 0 radical (unpaired) electrons. The first-order valence-electron chi connectivity index (χ1n) is 9.12. The van der Waals surface area contributed by atoms with Crippen molar-refractivity contribution in [2.45, 2.75) is 57.7 Å². The summed E-state index contributed by atoms with van der Waals surface area (Å²) >= 11 is 0. The smallest absolute Gasteiger partial charge is 0.237 e. The van der Waals surface area contributed by atoms with E-state index in [1.807, 2.05) is 0 Å². The van der Waals surface area contributed by atoms with Gasteiger partial charge >= 0.3 is 0 Å². The van der Waals surface area contributed by atoms with E-state index in [1.54, 1.807) is 0 Å². The zero-order chi connectivity index (χ0) is 15.9. The van der Waals surface area contributed by atoms with Crippen LogP contribution in [0.2, 0.25) is 0 Å². The summed E-state index contributed by atoms with van der Waals surface area (Å²) in [5, 5.41) is 6.35. The Balaban J connectivity index is 0.00000156. The number of nitrogens with one attached hydrogen (secondary N) is 2. The first-order valence-corrected chi connectivity index (χ1v) is 9.12. The van der Waals surface area contributed by atoms with Crippen molar-refractivity contribution in [3.8, 4) is 0 Å². The SMILES string of the molecule is Cl.Cl.O=C(NCc1ccc(CN2CCCCC2)cc1)[C@@H]1CCCCN1. The second kappa shape index (κ2) is 11.7. The molecule has 2 fully saturated rings. The van der Waals surface area contributed by atoms with Crippen LogP contribution in [0.1, 0.15) is 49.7 Å². The molecule has 1 amide bonds. The van der Waals surface area contributed by atoms with Crippen molar-refractivity contribution in [2.24, 2.45) is 0 Å². The van der Waals surface area contributed by atoms with Crippen LogP contribution in [0, 0.1) is 0 Å². The van der Waals surface area contributed by atoms with Crippen molar-refractivity contribution in [2.75, 3.05) is 19.6 Å².